The average Bonchev–Trinajstić information content (AvgIpc) is 2.55. The van der Waals surface area contributed by atoms with Crippen LogP contribution in [0.4, 0.5) is 8.78 Å². The fraction of sp³-hybridized carbons (Fsp3) is 0.500. The van der Waals surface area contributed by atoms with Gasteiger partial charge in [0.15, 0.2) is 11.6 Å². The lowest BCUT2D eigenvalue weighted by atomic mass is 10.1. The first-order valence-electron chi connectivity index (χ1n) is 7.70. The minimum Gasteiger partial charge on any atom is -0.481 e. The van der Waals surface area contributed by atoms with Gasteiger partial charge in [0.2, 0.25) is 5.91 Å². The van der Waals surface area contributed by atoms with Crippen molar-refractivity contribution in [3.05, 3.63) is 35.4 Å². The van der Waals surface area contributed by atoms with Crippen LogP contribution >= 0.6 is 0 Å². The average molecular weight is 342 g/mol. The fourth-order valence-electron chi connectivity index (χ4n) is 2.48. The van der Waals surface area contributed by atoms with Crippen LogP contribution in [0.2, 0.25) is 0 Å². The summed E-state index contributed by atoms with van der Waals surface area (Å²) in [4.78, 5) is 24.0. The van der Waals surface area contributed by atoms with Crippen LogP contribution in [0.3, 0.4) is 0 Å². The summed E-state index contributed by atoms with van der Waals surface area (Å²) < 4.78 is 31.7. The van der Waals surface area contributed by atoms with E-state index in [0.717, 1.165) is 6.07 Å². The second-order valence-corrected chi connectivity index (χ2v) is 5.67. The monoisotopic (exact) mass is 342 g/mol. The zero-order chi connectivity index (χ0) is 17.5. The number of rotatable bonds is 7. The molecule has 132 valence electrons. The molecule has 0 aromatic heterocycles. The van der Waals surface area contributed by atoms with Gasteiger partial charge in [0.25, 0.3) is 0 Å². The van der Waals surface area contributed by atoms with Crippen LogP contribution < -0.4 is 5.32 Å². The number of benzene rings is 1. The summed E-state index contributed by atoms with van der Waals surface area (Å²) in [6.45, 7) is 2.41. The number of aliphatic carboxylic acids is 1. The summed E-state index contributed by atoms with van der Waals surface area (Å²) >= 11 is 0. The molecule has 0 bridgehead atoms. The molecule has 24 heavy (non-hydrogen) atoms. The number of halogens is 2. The van der Waals surface area contributed by atoms with Gasteiger partial charge in [0, 0.05) is 32.6 Å². The summed E-state index contributed by atoms with van der Waals surface area (Å²) in [6.07, 6.45) is -0.502. The van der Waals surface area contributed by atoms with E-state index in [1.165, 1.54) is 12.1 Å². The van der Waals surface area contributed by atoms with E-state index in [9.17, 15) is 18.4 Å². The molecule has 1 saturated heterocycles. The number of carbonyl (C=O) groups excluding carboxylic acids is 1. The van der Waals surface area contributed by atoms with E-state index in [4.69, 9.17) is 9.84 Å². The number of morpholine rings is 1. The van der Waals surface area contributed by atoms with Gasteiger partial charge in [-0.15, -0.1) is 0 Å². The number of carbonyl (C=O) groups is 2. The molecule has 1 amide bonds. The minimum atomic E-state index is -1.02. The lowest BCUT2D eigenvalue weighted by Crippen LogP contribution is -2.47. The van der Waals surface area contributed by atoms with Crippen molar-refractivity contribution >= 4 is 11.9 Å². The number of nitrogens with one attached hydrogen (secondary N) is 1. The van der Waals surface area contributed by atoms with Gasteiger partial charge < -0.3 is 15.2 Å². The lowest BCUT2D eigenvalue weighted by molar-refractivity contribution is -0.138. The third-order valence-electron chi connectivity index (χ3n) is 3.71. The zero-order valence-corrected chi connectivity index (χ0v) is 13.1. The van der Waals surface area contributed by atoms with Gasteiger partial charge in [0.1, 0.15) is 0 Å². The molecule has 0 saturated carbocycles. The Bertz CT molecular complexity index is 597. The molecule has 2 rings (SSSR count). The van der Waals surface area contributed by atoms with Gasteiger partial charge in [-0.1, -0.05) is 6.07 Å². The number of hydrogen-bond donors (Lipinski definition) is 2. The standard InChI is InChI=1S/C16H20F2N2O4/c17-13-2-1-11(7-14(13)18)9-20-5-6-24-12(10-20)8-19-15(21)3-4-16(22)23/h1-2,7,12H,3-6,8-10H2,(H,19,21)(H,22,23)/t12-/m0/s1. The van der Waals surface area contributed by atoms with Gasteiger partial charge in [-0.3, -0.25) is 14.5 Å². The molecule has 0 spiro atoms. The topological polar surface area (TPSA) is 78.9 Å². The molecule has 1 aromatic rings. The molecule has 1 aliphatic heterocycles. The highest BCUT2D eigenvalue weighted by Gasteiger charge is 2.21. The summed E-state index contributed by atoms with van der Waals surface area (Å²) in [7, 11) is 0. The lowest BCUT2D eigenvalue weighted by Gasteiger charge is -2.33. The molecule has 0 radical (unpaired) electrons. The van der Waals surface area contributed by atoms with Gasteiger partial charge in [-0.25, -0.2) is 8.78 Å². The molecule has 1 fully saturated rings. The molecule has 1 heterocycles. The molecule has 1 atom stereocenters. The molecular weight excluding hydrogens is 322 g/mol. The van der Waals surface area contributed by atoms with E-state index in [-0.39, 0.29) is 31.4 Å². The predicted octanol–water partition coefficient (Wildman–Crippen LogP) is 1.15. The number of hydrogen-bond acceptors (Lipinski definition) is 4. The maximum atomic E-state index is 13.2. The van der Waals surface area contributed by atoms with Crippen molar-refractivity contribution in [1.29, 1.82) is 0 Å². The summed E-state index contributed by atoms with van der Waals surface area (Å²) in [5, 5.41) is 11.2. The first kappa shape index (κ1) is 18.3. The number of carboxylic acids is 1. The minimum absolute atomic E-state index is 0.0688. The Morgan fingerprint density at radius 3 is 2.79 bits per heavy atom. The highest BCUT2D eigenvalue weighted by molar-refractivity contribution is 5.80. The molecule has 6 nitrogen and oxygen atoms in total. The number of ether oxygens (including phenoxy) is 1. The highest BCUT2D eigenvalue weighted by Crippen LogP contribution is 2.13. The maximum Gasteiger partial charge on any atom is 0.303 e. The molecule has 1 aromatic carbocycles. The van der Waals surface area contributed by atoms with E-state index in [1.54, 1.807) is 0 Å². The fourth-order valence-corrected chi connectivity index (χ4v) is 2.48. The van der Waals surface area contributed by atoms with Crippen LogP contribution in [0.15, 0.2) is 18.2 Å². The quantitative estimate of drug-likeness (QED) is 0.777. The Morgan fingerprint density at radius 2 is 2.08 bits per heavy atom. The zero-order valence-electron chi connectivity index (χ0n) is 13.1. The van der Waals surface area contributed by atoms with Crippen molar-refractivity contribution in [2.24, 2.45) is 0 Å². The van der Waals surface area contributed by atoms with Crippen LogP contribution in [0, 0.1) is 11.6 Å². The van der Waals surface area contributed by atoms with Crippen LogP contribution in [0.1, 0.15) is 18.4 Å². The molecule has 0 unspecified atom stereocenters. The second kappa shape index (κ2) is 8.70. The Morgan fingerprint density at radius 1 is 1.29 bits per heavy atom. The van der Waals surface area contributed by atoms with Gasteiger partial charge in [-0.2, -0.15) is 0 Å². The number of amides is 1. The van der Waals surface area contributed by atoms with E-state index in [2.05, 4.69) is 5.32 Å². The van der Waals surface area contributed by atoms with E-state index in [0.29, 0.717) is 31.8 Å². The molecule has 2 N–H and O–H groups in total. The maximum absolute atomic E-state index is 13.2. The third-order valence-corrected chi connectivity index (χ3v) is 3.71. The van der Waals surface area contributed by atoms with E-state index >= 15 is 0 Å². The largest absolute Gasteiger partial charge is 0.481 e. The molecule has 8 heteroatoms. The van der Waals surface area contributed by atoms with Crippen molar-refractivity contribution in [3.63, 3.8) is 0 Å². The Kier molecular flexibility index (Phi) is 6.62. The Labute approximate surface area is 138 Å². The van der Waals surface area contributed by atoms with Gasteiger partial charge in [0.05, 0.1) is 19.1 Å². The highest BCUT2D eigenvalue weighted by atomic mass is 19.2. The van der Waals surface area contributed by atoms with Gasteiger partial charge >= 0.3 is 5.97 Å². The first-order valence-corrected chi connectivity index (χ1v) is 7.70. The Balaban J connectivity index is 1.77. The summed E-state index contributed by atoms with van der Waals surface area (Å²) in [5.74, 6) is -3.10. The molecular formula is C16H20F2N2O4. The molecule has 1 aliphatic rings. The van der Waals surface area contributed by atoms with Crippen molar-refractivity contribution in [2.75, 3.05) is 26.2 Å². The molecule has 0 aliphatic carbocycles. The predicted molar refractivity (Wildman–Crippen MR) is 81.3 cm³/mol. The third kappa shape index (κ3) is 5.86. The first-order chi connectivity index (χ1) is 11.4. The Hall–Kier alpha value is -2.06. The normalized spacial score (nSPS) is 18.3. The van der Waals surface area contributed by atoms with Crippen molar-refractivity contribution in [3.8, 4) is 0 Å². The summed E-state index contributed by atoms with van der Waals surface area (Å²) in [5.41, 5.74) is 0.667. The van der Waals surface area contributed by atoms with Crippen LogP contribution in [0.25, 0.3) is 0 Å². The van der Waals surface area contributed by atoms with E-state index < -0.39 is 17.6 Å². The van der Waals surface area contributed by atoms with Crippen molar-refractivity contribution in [1.82, 2.24) is 10.2 Å². The van der Waals surface area contributed by atoms with Crippen molar-refractivity contribution in [2.45, 2.75) is 25.5 Å². The van der Waals surface area contributed by atoms with Crippen LogP contribution in [-0.2, 0) is 20.9 Å². The number of carboxylic acid groups (broad SMARTS) is 1. The summed E-state index contributed by atoms with van der Waals surface area (Å²) in [6, 6.07) is 3.81. The second-order valence-electron chi connectivity index (χ2n) is 5.67. The smallest absolute Gasteiger partial charge is 0.303 e. The van der Waals surface area contributed by atoms with Crippen LogP contribution in [-0.4, -0.2) is 54.2 Å². The van der Waals surface area contributed by atoms with Crippen LogP contribution in [0.5, 0.6) is 0 Å². The number of nitrogens with zero attached hydrogens (tertiary/aromatic N) is 1. The van der Waals surface area contributed by atoms with E-state index in [1.807, 2.05) is 4.90 Å². The van der Waals surface area contributed by atoms with Gasteiger partial charge in [-0.05, 0) is 17.7 Å². The van der Waals surface area contributed by atoms with Crippen molar-refractivity contribution < 1.29 is 28.2 Å². The SMILES string of the molecule is O=C(O)CCC(=O)NC[C@H]1CN(Cc2ccc(F)c(F)c2)CCO1.